The summed E-state index contributed by atoms with van der Waals surface area (Å²) in [7, 11) is 1.17. The van der Waals surface area contributed by atoms with Gasteiger partial charge in [-0.3, -0.25) is 4.79 Å². The lowest BCUT2D eigenvalue weighted by Gasteiger charge is -2.05. The summed E-state index contributed by atoms with van der Waals surface area (Å²) in [6.45, 7) is 2.02. The number of aryl methyl sites for hydroxylation is 1. The first-order valence-electron chi connectivity index (χ1n) is 5.50. The van der Waals surface area contributed by atoms with E-state index in [1.54, 1.807) is 6.07 Å². The number of benzene rings is 2. The first-order chi connectivity index (χ1) is 8.60. The molecular formula is C14H13NO3. The zero-order valence-corrected chi connectivity index (χ0v) is 10.2. The minimum absolute atomic E-state index is 0.571. The minimum atomic E-state index is -0.904. The molecule has 2 rings (SSSR count). The van der Waals surface area contributed by atoms with Crippen LogP contribution in [0, 0.1) is 6.92 Å². The maximum Gasteiger partial charge on any atom is 0.396 e. The van der Waals surface area contributed by atoms with Crippen molar-refractivity contribution in [1.82, 2.24) is 0 Å². The number of esters is 1. The number of fused-ring (bicyclic) bond motifs is 1. The smallest absolute Gasteiger partial charge is 0.396 e. The molecule has 0 radical (unpaired) electrons. The Morgan fingerprint density at radius 1 is 1.06 bits per heavy atom. The fourth-order valence-electron chi connectivity index (χ4n) is 1.72. The molecule has 0 heterocycles. The van der Waals surface area contributed by atoms with Crippen LogP contribution in [-0.2, 0) is 14.3 Å². The molecule has 0 saturated carbocycles. The number of hydrogen-bond acceptors (Lipinski definition) is 3. The van der Waals surface area contributed by atoms with Crippen LogP contribution in [0.25, 0.3) is 10.8 Å². The van der Waals surface area contributed by atoms with Crippen molar-refractivity contribution in [2.24, 2.45) is 0 Å². The molecule has 4 heteroatoms. The van der Waals surface area contributed by atoms with Crippen LogP contribution in [0.3, 0.4) is 0 Å². The molecule has 0 unspecified atom stereocenters. The van der Waals surface area contributed by atoms with Gasteiger partial charge >= 0.3 is 11.9 Å². The van der Waals surface area contributed by atoms with Crippen molar-refractivity contribution in [3.8, 4) is 0 Å². The van der Waals surface area contributed by atoms with E-state index < -0.39 is 11.9 Å². The maximum atomic E-state index is 11.3. The van der Waals surface area contributed by atoms with E-state index in [2.05, 4.69) is 16.1 Å². The molecule has 1 amide bonds. The topological polar surface area (TPSA) is 55.4 Å². The molecule has 0 aliphatic rings. The number of anilines is 1. The largest absolute Gasteiger partial charge is 0.462 e. The standard InChI is InChI=1S/C14H13NO3/c1-9-3-4-11-8-12(6-5-10(11)7-9)15-13(16)14(17)18-2/h3-8H,1-2H3,(H,15,16). The van der Waals surface area contributed by atoms with Crippen LogP contribution in [0.15, 0.2) is 36.4 Å². The molecule has 1 N–H and O–H groups in total. The lowest BCUT2D eigenvalue weighted by molar-refractivity contribution is -0.150. The molecule has 0 fully saturated rings. The molecule has 0 saturated heterocycles. The van der Waals surface area contributed by atoms with Gasteiger partial charge in [-0.1, -0.05) is 29.8 Å². The highest BCUT2D eigenvalue weighted by molar-refractivity contribution is 6.37. The van der Waals surface area contributed by atoms with Gasteiger partial charge in [-0.2, -0.15) is 0 Å². The van der Waals surface area contributed by atoms with Crippen LogP contribution in [0.2, 0.25) is 0 Å². The molecule has 0 atom stereocenters. The van der Waals surface area contributed by atoms with E-state index in [1.807, 2.05) is 31.2 Å². The van der Waals surface area contributed by atoms with Gasteiger partial charge in [0.15, 0.2) is 0 Å². The molecule has 0 aliphatic heterocycles. The quantitative estimate of drug-likeness (QED) is 0.617. The number of ether oxygens (including phenoxy) is 1. The average molecular weight is 243 g/mol. The molecule has 2 aromatic carbocycles. The Labute approximate surface area is 105 Å². The van der Waals surface area contributed by atoms with Crippen molar-refractivity contribution >= 4 is 28.3 Å². The van der Waals surface area contributed by atoms with Gasteiger partial charge in [0.2, 0.25) is 0 Å². The number of amides is 1. The Kier molecular flexibility index (Phi) is 3.28. The summed E-state index contributed by atoms with van der Waals surface area (Å²) in [5, 5.41) is 4.58. The molecule has 0 bridgehead atoms. The Bertz CT molecular complexity index is 619. The van der Waals surface area contributed by atoms with Crippen LogP contribution in [0.4, 0.5) is 5.69 Å². The van der Waals surface area contributed by atoms with E-state index in [9.17, 15) is 9.59 Å². The third kappa shape index (κ3) is 2.48. The third-order valence-electron chi connectivity index (χ3n) is 2.62. The van der Waals surface area contributed by atoms with Gasteiger partial charge in [-0.25, -0.2) is 4.79 Å². The molecule has 2 aromatic rings. The van der Waals surface area contributed by atoms with Crippen LogP contribution < -0.4 is 5.32 Å². The van der Waals surface area contributed by atoms with Crippen LogP contribution in [-0.4, -0.2) is 19.0 Å². The SMILES string of the molecule is COC(=O)C(=O)Nc1ccc2cc(C)ccc2c1. The Morgan fingerprint density at radius 2 is 1.72 bits per heavy atom. The Balaban J connectivity index is 2.28. The zero-order valence-electron chi connectivity index (χ0n) is 10.2. The lowest BCUT2D eigenvalue weighted by atomic mass is 10.1. The fourth-order valence-corrected chi connectivity index (χ4v) is 1.72. The summed E-state index contributed by atoms with van der Waals surface area (Å²) >= 11 is 0. The predicted octanol–water partition coefficient (Wildman–Crippen LogP) is 2.26. The van der Waals surface area contributed by atoms with Gasteiger partial charge in [0, 0.05) is 5.69 Å². The van der Waals surface area contributed by atoms with E-state index in [-0.39, 0.29) is 0 Å². The van der Waals surface area contributed by atoms with Gasteiger partial charge in [0.25, 0.3) is 0 Å². The summed E-state index contributed by atoms with van der Waals surface area (Å²) in [5.74, 6) is -1.68. The number of methoxy groups -OCH3 is 1. The van der Waals surface area contributed by atoms with Crippen LogP contribution >= 0.6 is 0 Å². The number of nitrogens with one attached hydrogen (secondary N) is 1. The first kappa shape index (κ1) is 12.1. The molecule has 0 spiro atoms. The van der Waals surface area contributed by atoms with Gasteiger partial charge in [-0.05, 0) is 29.8 Å². The molecule has 0 aliphatic carbocycles. The van der Waals surface area contributed by atoms with E-state index in [0.717, 1.165) is 10.8 Å². The number of carbonyl (C=O) groups excluding carboxylic acids is 2. The van der Waals surface area contributed by atoms with Gasteiger partial charge in [0.1, 0.15) is 0 Å². The van der Waals surface area contributed by atoms with Crippen molar-refractivity contribution in [2.45, 2.75) is 6.92 Å². The second-order valence-electron chi connectivity index (χ2n) is 4.01. The summed E-state index contributed by atoms with van der Waals surface area (Å²) in [5.41, 5.74) is 1.75. The third-order valence-corrected chi connectivity index (χ3v) is 2.62. The maximum absolute atomic E-state index is 11.3. The minimum Gasteiger partial charge on any atom is -0.462 e. The first-order valence-corrected chi connectivity index (χ1v) is 5.50. The summed E-state index contributed by atoms with van der Waals surface area (Å²) < 4.78 is 4.34. The van der Waals surface area contributed by atoms with Crippen molar-refractivity contribution in [3.63, 3.8) is 0 Å². The highest BCUT2D eigenvalue weighted by atomic mass is 16.5. The Hall–Kier alpha value is -2.36. The van der Waals surface area contributed by atoms with Gasteiger partial charge in [0.05, 0.1) is 7.11 Å². The van der Waals surface area contributed by atoms with Crippen molar-refractivity contribution < 1.29 is 14.3 Å². The van der Waals surface area contributed by atoms with Crippen LogP contribution in [0.1, 0.15) is 5.56 Å². The summed E-state index contributed by atoms with van der Waals surface area (Å²) in [6, 6.07) is 11.5. The summed E-state index contributed by atoms with van der Waals surface area (Å²) in [6.07, 6.45) is 0. The van der Waals surface area contributed by atoms with E-state index in [1.165, 1.54) is 12.7 Å². The van der Waals surface area contributed by atoms with Gasteiger partial charge in [-0.15, -0.1) is 0 Å². The van der Waals surface area contributed by atoms with E-state index in [4.69, 9.17) is 0 Å². The molecule has 92 valence electrons. The number of rotatable bonds is 1. The average Bonchev–Trinajstić information content (AvgIpc) is 2.38. The summed E-state index contributed by atoms with van der Waals surface area (Å²) in [4.78, 5) is 22.3. The molecule has 4 nitrogen and oxygen atoms in total. The van der Waals surface area contributed by atoms with Crippen molar-refractivity contribution in [1.29, 1.82) is 0 Å². The number of hydrogen-bond donors (Lipinski definition) is 1. The van der Waals surface area contributed by atoms with Crippen LogP contribution in [0.5, 0.6) is 0 Å². The predicted molar refractivity (Wildman–Crippen MR) is 69.3 cm³/mol. The molecule has 0 aromatic heterocycles. The number of carbonyl (C=O) groups is 2. The highest BCUT2D eigenvalue weighted by Gasteiger charge is 2.13. The zero-order chi connectivity index (χ0) is 13.1. The monoisotopic (exact) mass is 243 g/mol. The van der Waals surface area contributed by atoms with Crippen molar-refractivity contribution in [2.75, 3.05) is 12.4 Å². The highest BCUT2D eigenvalue weighted by Crippen LogP contribution is 2.20. The Morgan fingerprint density at radius 3 is 2.44 bits per heavy atom. The van der Waals surface area contributed by atoms with E-state index >= 15 is 0 Å². The normalized spacial score (nSPS) is 10.1. The second-order valence-corrected chi connectivity index (χ2v) is 4.01. The fraction of sp³-hybridized carbons (Fsp3) is 0.143. The molecule has 18 heavy (non-hydrogen) atoms. The molecular weight excluding hydrogens is 230 g/mol. The van der Waals surface area contributed by atoms with E-state index in [0.29, 0.717) is 5.69 Å². The second kappa shape index (κ2) is 4.87. The van der Waals surface area contributed by atoms with Crippen molar-refractivity contribution in [3.05, 3.63) is 42.0 Å². The lowest BCUT2D eigenvalue weighted by Crippen LogP contribution is -2.23. The van der Waals surface area contributed by atoms with Gasteiger partial charge < -0.3 is 10.1 Å².